The molecule has 0 spiro atoms. The van der Waals surface area contributed by atoms with Crippen molar-refractivity contribution in [2.24, 2.45) is 0 Å². The zero-order valence-corrected chi connectivity index (χ0v) is 15.1. The van der Waals surface area contributed by atoms with Crippen LogP contribution in [-0.4, -0.2) is 7.11 Å². The minimum atomic E-state index is -0.639. The van der Waals surface area contributed by atoms with Crippen LogP contribution in [0.15, 0.2) is 26.5 Å². The minimum Gasteiger partial charge on any atom is -0.497 e. The third kappa shape index (κ3) is 3.20. The number of benzene rings is 1. The van der Waals surface area contributed by atoms with Crippen molar-refractivity contribution in [3.63, 3.8) is 0 Å². The van der Waals surface area contributed by atoms with Crippen LogP contribution in [0.5, 0.6) is 5.75 Å². The first-order valence-electron chi connectivity index (χ1n) is 5.05. The van der Waals surface area contributed by atoms with Gasteiger partial charge in [0.05, 0.1) is 15.7 Å². The summed E-state index contributed by atoms with van der Waals surface area (Å²) in [6.07, 6.45) is 0. The lowest BCUT2D eigenvalue weighted by Gasteiger charge is -2.12. The zero-order chi connectivity index (χ0) is 14.2. The summed E-state index contributed by atoms with van der Waals surface area (Å²) >= 11 is 11.5. The number of methoxy groups -OCH3 is 1. The molecule has 1 unspecified atom stereocenters. The van der Waals surface area contributed by atoms with Crippen molar-refractivity contribution in [3.8, 4) is 5.75 Å². The highest BCUT2D eigenvalue weighted by molar-refractivity contribution is 9.13. The van der Waals surface area contributed by atoms with Gasteiger partial charge in [0.15, 0.2) is 0 Å². The summed E-state index contributed by atoms with van der Waals surface area (Å²) in [6.45, 7) is 0. The zero-order valence-electron chi connectivity index (χ0n) is 9.52. The first-order valence-corrected chi connectivity index (χ1v) is 8.37. The van der Waals surface area contributed by atoms with Crippen molar-refractivity contribution in [2.45, 2.75) is 4.83 Å². The van der Waals surface area contributed by atoms with Crippen LogP contribution in [0.2, 0.25) is 0 Å². The second-order valence-electron chi connectivity index (χ2n) is 3.64. The van der Waals surface area contributed by atoms with Crippen LogP contribution in [-0.2, 0) is 0 Å². The van der Waals surface area contributed by atoms with E-state index in [-0.39, 0.29) is 11.3 Å². The van der Waals surface area contributed by atoms with Crippen LogP contribution in [0.3, 0.4) is 0 Å². The summed E-state index contributed by atoms with van der Waals surface area (Å²) in [4.78, 5) is 0.243. The second-order valence-corrected chi connectivity index (χ2v) is 7.81. The van der Waals surface area contributed by atoms with Gasteiger partial charge in [0.2, 0.25) is 0 Å². The lowest BCUT2D eigenvalue weighted by atomic mass is 10.1. The molecule has 7 heteroatoms. The number of halogens is 5. The average Bonchev–Trinajstić information content (AvgIpc) is 2.68. The Morgan fingerprint density at radius 2 is 1.74 bits per heavy atom. The average molecular weight is 477 g/mol. The Bertz CT molecular complexity index is 573. The number of ether oxygens (including phenoxy) is 1. The van der Waals surface area contributed by atoms with Gasteiger partial charge in [-0.1, -0.05) is 15.9 Å². The van der Waals surface area contributed by atoms with Gasteiger partial charge in [0.25, 0.3) is 0 Å². The van der Waals surface area contributed by atoms with E-state index < -0.39 is 16.5 Å². The molecule has 0 aliphatic heterocycles. The molecule has 0 bridgehead atoms. The van der Waals surface area contributed by atoms with Gasteiger partial charge in [-0.25, -0.2) is 8.78 Å². The summed E-state index contributed by atoms with van der Waals surface area (Å²) in [5, 5.41) is 0. The van der Waals surface area contributed by atoms with E-state index in [1.807, 2.05) is 6.07 Å². The molecular formula is C12H7Br3F2OS. The maximum absolute atomic E-state index is 14.0. The van der Waals surface area contributed by atoms with Crippen molar-refractivity contribution >= 4 is 59.1 Å². The molecule has 0 fully saturated rings. The van der Waals surface area contributed by atoms with Crippen LogP contribution in [0.1, 0.15) is 15.3 Å². The van der Waals surface area contributed by atoms with Gasteiger partial charge in [0, 0.05) is 27.0 Å². The Balaban J connectivity index is 2.46. The highest BCUT2D eigenvalue weighted by Crippen LogP contribution is 2.43. The Morgan fingerprint density at radius 1 is 1.16 bits per heavy atom. The summed E-state index contributed by atoms with van der Waals surface area (Å²) < 4.78 is 34.5. The van der Waals surface area contributed by atoms with Gasteiger partial charge in [-0.2, -0.15) is 0 Å². The van der Waals surface area contributed by atoms with Gasteiger partial charge in [-0.3, -0.25) is 0 Å². The van der Waals surface area contributed by atoms with E-state index in [9.17, 15) is 8.78 Å². The molecule has 1 atom stereocenters. The summed E-state index contributed by atoms with van der Waals surface area (Å²) in [5.41, 5.74) is -0.0259. The maximum Gasteiger partial charge on any atom is 0.134 e. The fourth-order valence-corrected chi connectivity index (χ4v) is 4.48. The van der Waals surface area contributed by atoms with Crippen molar-refractivity contribution in [1.82, 2.24) is 0 Å². The monoisotopic (exact) mass is 474 g/mol. The third-order valence-electron chi connectivity index (χ3n) is 2.46. The van der Waals surface area contributed by atoms with Gasteiger partial charge >= 0.3 is 0 Å². The molecule has 1 aromatic carbocycles. The first-order chi connectivity index (χ1) is 8.93. The fourth-order valence-electron chi connectivity index (χ4n) is 1.55. The molecular weight excluding hydrogens is 470 g/mol. The predicted molar refractivity (Wildman–Crippen MR) is 83.4 cm³/mol. The molecule has 2 aromatic rings. The Labute approximate surface area is 138 Å². The SMILES string of the molecule is COc1cc(F)c(C(Br)c2cc(Br)c(Br)s2)c(F)c1. The van der Waals surface area contributed by atoms with Crippen molar-refractivity contribution in [3.05, 3.63) is 48.5 Å². The van der Waals surface area contributed by atoms with Crippen molar-refractivity contribution in [2.75, 3.05) is 7.11 Å². The summed E-state index contributed by atoms with van der Waals surface area (Å²) in [7, 11) is 1.37. The number of hydrogen-bond donors (Lipinski definition) is 0. The van der Waals surface area contributed by atoms with Gasteiger partial charge in [-0.05, 0) is 37.9 Å². The van der Waals surface area contributed by atoms with Crippen molar-refractivity contribution < 1.29 is 13.5 Å². The molecule has 0 N–H and O–H groups in total. The molecule has 0 radical (unpaired) electrons. The van der Waals surface area contributed by atoms with Crippen LogP contribution in [0.4, 0.5) is 8.78 Å². The molecule has 19 heavy (non-hydrogen) atoms. The number of hydrogen-bond acceptors (Lipinski definition) is 2. The van der Waals surface area contributed by atoms with Crippen LogP contribution in [0, 0.1) is 11.6 Å². The minimum absolute atomic E-state index is 0.0259. The van der Waals surface area contributed by atoms with E-state index in [1.54, 1.807) is 0 Å². The third-order valence-corrected chi connectivity index (χ3v) is 7.03. The first kappa shape index (κ1) is 15.4. The highest BCUT2D eigenvalue weighted by Gasteiger charge is 2.23. The summed E-state index contributed by atoms with van der Waals surface area (Å²) in [5.74, 6) is -1.12. The van der Waals surface area contributed by atoms with Gasteiger partial charge in [0.1, 0.15) is 17.4 Å². The summed E-state index contributed by atoms with van der Waals surface area (Å²) in [6, 6.07) is 4.16. The normalized spacial score (nSPS) is 12.5. The molecule has 1 aromatic heterocycles. The Hall–Kier alpha value is 0.0200. The molecule has 0 amide bonds. The lowest BCUT2D eigenvalue weighted by Crippen LogP contribution is -2.00. The van der Waals surface area contributed by atoms with E-state index >= 15 is 0 Å². The molecule has 0 aliphatic rings. The molecule has 2 rings (SSSR count). The van der Waals surface area contributed by atoms with Crippen LogP contribution >= 0.6 is 59.1 Å². The fraction of sp³-hybridized carbons (Fsp3) is 0.167. The van der Waals surface area contributed by atoms with E-state index in [0.717, 1.165) is 13.1 Å². The van der Waals surface area contributed by atoms with Crippen LogP contribution < -0.4 is 4.74 Å². The van der Waals surface area contributed by atoms with Gasteiger partial charge < -0.3 is 4.74 Å². The Kier molecular flexibility index (Phi) is 5.03. The smallest absolute Gasteiger partial charge is 0.134 e. The number of rotatable bonds is 3. The van der Waals surface area contributed by atoms with Crippen LogP contribution in [0.25, 0.3) is 0 Å². The maximum atomic E-state index is 14.0. The molecule has 0 aliphatic carbocycles. The van der Waals surface area contributed by atoms with E-state index in [0.29, 0.717) is 0 Å². The van der Waals surface area contributed by atoms with E-state index in [2.05, 4.69) is 47.8 Å². The largest absolute Gasteiger partial charge is 0.497 e. The lowest BCUT2D eigenvalue weighted by molar-refractivity contribution is 0.405. The molecule has 0 saturated carbocycles. The number of thiophene rings is 1. The number of alkyl halides is 1. The molecule has 1 heterocycles. The predicted octanol–water partition coefficient (Wildman–Crippen LogP) is 6.04. The highest BCUT2D eigenvalue weighted by atomic mass is 79.9. The Morgan fingerprint density at radius 3 is 2.16 bits per heavy atom. The quantitative estimate of drug-likeness (QED) is 0.490. The van der Waals surface area contributed by atoms with Crippen molar-refractivity contribution in [1.29, 1.82) is 0 Å². The standard InChI is InChI=1S/C12H7Br3F2OS/c1-18-5-2-7(16)10(8(17)3-5)11(14)9-4-6(13)12(15)19-9/h2-4,11H,1H3. The molecule has 1 nitrogen and oxygen atoms in total. The van der Waals surface area contributed by atoms with E-state index in [4.69, 9.17) is 4.74 Å². The molecule has 102 valence electrons. The van der Waals surface area contributed by atoms with Gasteiger partial charge in [-0.15, -0.1) is 11.3 Å². The molecule has 0 saturated heterocycles. The second kappa shape index (κ2) is 6.20. The van der Waals surface area contributed by atoms with E-state index in [1.165, 1.54) is 30.6 Å². The topological polar surface area (TPSA) is 9.23 Å².